The minimum absolute atomic E-state index is 0.353. The standard InChI is InChI=1S/C10H14FNO/c1-6-4-3-5-8(11)9(6)10(12)7(2)13/h3-5,7,10,13H,12H2,1-2H3/t7-,10-/m1/s1. The van der Waals surface area contributed by atoms with E-state index in [9.17, 15) is 9.50 Å². The summed E-state index contributed by atoms with van der Waals surface area (Å²) in [5.41, 5.74) is 6.82. The molecule has 13 heavy (non-hydrogen) atoms. The molecule has 0 aliphatic carbocycles. The molecule has 0 fully saturated rings. The van der Waals surface area contributed by atoms with E-state index in [-0.39, 0.29) is 5.82 Å². The average molecular weight is 183 g/mol. The lowest BCUT2D eigenvalue weighted by molar-refractivity contribution is 0.162. The molecule has 0 saturated heterocycles. The zero-order valence-corrected chi connectivity index (χ0v) is 7.79. The first-order chi connectivity index (χ1) is 6.04. The molecule has 0 heterocycles. The van der Waals surface area contributed by atoms with Crippen LogP contribution in [0, 0.1) is 12.7 Å². The van der Waals surface area contributed by atoms with Crippen molar-refractivity contribution in [2.75, 3.05) is 0 Å². The van der Waals surface area contributed by atoms with Crippen LogP contribution < -0.4 is 5.73 Å². The summed E-state index contributed by atoms with van der Waals surface area (Å²) in [6.45, 7) is 3.33. The zero-order chi connectivity index (χ0) is 10.0. The zero-order valence-electron chi connectivity index (χ0n) is 7.79. The summed E-state index contributed by atoms with van der Waals surface area (Å²) in [4.78, 5) is 0. The molecular formula is C10H14FNO. The van der Waals surface area contributed by atoms with Crippen molar-refractivity contribution in [3.8, 4) is 0 Å². The second-order valence-electron chi connectivity index (χ2n) is 3.24. The van der Waals surface area contributed by atoms with Crippen molar-refractivity contribution < 1.29 is 9.50 Å². The van der Waals surface area contributed by atoms with Crippen LogP contribution in [0.4, 0.5) is 4.39 Å². The first kappa shape index (κ1) is 10.2. The van der Waals surface area contributed by atoms with Crippen LogP contribution in [-0.4, -0.2) is 11.2 Å². The fourth-order valence-electron chi connectivity index (χ4n) is 1.31. The van der Waals surface area contributed by atoms with Crippen molar-refractivity contribution in [2.45, 2.75) is 26.0 Å². The van der Waals surface area contributed by atoms with Crippen molar-refractivity contribution >= 4 is 0 Å². The van der Waals surface area contributed by atoms with Crippen LogP contribution in [0.25, 0.3) is 0 Å². The van der Waals surface area contributed by atoms with Gasteiger partial charge in [0.1, 0.15) is 5.82 Å². The number of aliphatic hydroxyl groups excluding tert-OH is 1. The topological polar surface area (TPSA) is 46.2 Å². The third kappa shape index (κ3) is 2.05. The molecule has 0 aromatic heterocycles. The van der Waals surface area contributed by atoms with E-state index in [0.717, 1.165) is 5.56 Å². The molecule has 3 heteroatoms. The van der Waals surface area contributed by atoms with Crippen LogP contribution in [0.2, 0.25) is 0 Å². The summed E-state index contributed by atoms with van der Waals surface area (Å²) >= 11 is 0. The van der Waals surface area contributed by atoms with E-state index in [1.165, 1.54) is 6.07 Å². The van der Waals surface area contributed by atoms with Gasteiger partial charge in [-0.15, -0.1) is 0 Å². The fraction of sp³-hybridized carbons (Fsp3) is 0.400. The number of rotatable bonds is 2. The van der Waals surface area contributed by atoms with Gasteiger partial charge in [-0.05, 0) is 25.5 Å². The monoisotopic (exact) mass is 183 g/mol. The number of aliphatic hydroxyl groups is 1. The maximum Gasteiger partial charge on any atom is 0.128 e. The summed E-state index contributed by atoms with van der Waals surface area (Å²) in [5.74, 6) is -0.353. The molecule has 0 aliphatic heterocycles. The number of halogens is 1. The molecule has 0 aliphatic rings. The Hall–Kier alpha value is -0.930. The SMILES string of the molecule is Cc1cccc(F)c1[C@H](N)[C@@H](C)O. The Kier molecular flexibility index (Phi) is 3.01. The molecular weight excluding hydrogens is 169 g/mol. The van der Waals surface area contributed by atoms with Gasteiger partial charge in [0.25, 0.3) is 0 Å². The minimum atomic E-state index is -0.740. The first-order valence-corrected chi connectivity index (χ1v) is 4.22. The Labute approximate surface area is 77.2 Å². The Balaban J connectivity index is 3.12. The molecule has 72 valence electrons. The van der Waals surface area contributed by atoms with Crippen molar-refractivity contribution in [3.63, 3.8) is 0 Å². The van der Waals surface area contributed by atoms with Crippen molar-refractivity contribution in [3.05, 3.63) is 35.1 Å². The van der Waals surface area contributed by atoms with Gasteiger partial charge in [0.2, 0.25) is 0 Å². The second-order valence-corrected chi connectivity index (χ2v) is 3.24. The summed E-state index contributed by atoms with van der Waals surface area (Å²) in [6.07, 6.45) is -0.740. The van der Waals surface area contributed by atoms with Gasteiger partial charge in [-0.25, -0.2) is 4.39 Å². The van der Waals surface area contributed by atoms with Crippen LogP contribution in [0.15, 0.2) is 18.2 Å². The van der Waals surface area contributed by atoms with Crippen molar-refractivity contribution in [2.24, 2.45) is 5.73 Å². The molecule has 1 rings (SSSR count). The molecule has 0 amide bonds. The molecule has 0 saturated carbocycles. The fourth-order valence-corrected chi connectivity index (χ4v) is 1.31. The number of benzene rings is 1. The minimum Gasteiger partial charge on any atom is -0.391 e. The molecule has 1 aromatic carbocycles. The van der Waals surface area contributed by atoms with Gasteiger partial charge in [-0.2, -0.15) is 0 Å². The second kappa shape index (κ2) is 3.85. The normalized spacial score (nSPS) is 15.5. The molecule has 1 aromatic rings. The lowest BCUT2D eigenvalue weighted by atomic mass is 9.98. The highest BCUT2D eigenvalue weighted by Crippen LogP contribution is 2.21. The molecule has 0 bridgehead atoms. The van der Waals surface area contributed by atoms with Gasteiger partial charge in [-0.1, -0.05) is 12.1 Å². The Bertz CT molecular complexity index is 279. The van der Waals surface area contributed by atoms with Crippen LogP contribution in [0.5, 0.6) is 0 Å². The summed E-state index contributed by atoms with van der Waals surface area (Å²) in [6, 6.07) is 4.11. The lowest BCUT2D eigenvalue weighted by Crippen LogP contribution is -2.25. The molecule has 0 unspecified atom stereocenters. The Morgan fingerprint density at radius 3 is 2.54 bits per heavy atom. The van der Waals surface area contributed by atoms with E-state index in [1.807, 2.05) is 0 Å². The summed E-state index contributed by atoms with van der Waals surface area (Å²) in [7, 11) is 0. The van der Waals surface area contributed by atoms with E-state index < -0.39 is 12.1 Å². The van der Waals surface area contributed by atoms with Crippen molar-refractivity contribution in [1.29, 1.82) is 0 Å². The highest BCUT2D eigenvalue weighted by atomic mass is 19.1. The summed E-state index contributed by atoms with van der Waals surface area (Å²) < 4.78 is 13.3. The third-order valence-corrected chi connectivity index (χ3v) is 2.12. The van der Waals surface area contributed by atoms with Crippen LogP contribution in [-0.2, 0) is 0 Å². The maximum absolute atomic E-state index is 13.3. The van der Waals surface area contributed by atoms with Gasteiger partial charge < -0.3 is 10.8 Å². The molecule has 0 radical (unpaired) electrons. The van der Waals surface area contributed by atoms with E-state index in [2.05, 4.69) is 0 Å². The van der Waals surface area contributed by atoms with E-state index in [4.69, 9.17) is 5.73 Å². The van der Waals surface area contributed by atoms with Gasteiger partial charge in [-0.3, -0.25) is 0 Å². The van der Waals surface area contributed by atoms with Crippen LogP contribution in [0.3, 0.4) is 0 Å². The molecule has 0 spiro atoms. The van der Waals surface area contributed by atoms with Gasteiger partial charge in [0, 0.05) is 5.56 Å². The average Bonchev–Trinajstić information content (AvgIpc) is 2.03. The smallest absolute Gasteiger partial charge is 0.128 e. The van der Waals surface area contributed by atoms with Gasteiger partial charge in [0.05, 0.1) is 12.1 Å². The lowest BCUT2D eigenvalue weighted by Gasteiger charge is -2.17. The van der Waals surface area contributed by atoms with Gasteiger partial charge in [0.15, 0.2) is 0 Å². The quantitative estimate of drug-likeness (QED) is 0.730. The largest absolute Gasteiger partial charge is 0.391 e. The molecule has 2 nitrogen and oxygen atoms in total. The third-order valence-electron chi connectivity index (χ3n) is 2.12. The predicted molar refractivity (Wildman–Crippen MR) is 49.7 cm³/mol. The predicted octanol–water partition coefficient (Wildman–Crippen LogP) is 1.51. The number of hydrogen-bond acceptors (Lipinski definition) is 2. The Morgan fingerprint density at radius 1 is 1.46 bits per heavy atom. The van der Waals surface area contributed by atoms with Crippen molar-refractivity contribution in [1.82, 2.24) is 0 Å². The van der Waals surface area contributed by atoms with E-state index >= 15 is 0 Å². The number of hydrogen-bond donors (Lipinski definition) is 2. The molecule has 3 N–H and O–H groups in total. The first-order valence-electron chi connectivity index (χ1n) is 4.22. The highest BCUT2D eigenvalue weighted by Gasteiger charge is 2.17. The van der Waals surface area contributed by atoms with E-state index in [1.54, 1.807) is 26.0 Å². The van der Waals surface area contributed by atoms with Gasteiger partial charge >= 0.3 is 0 Å². The summed E-state index contributed by atoms with van der Waals surface area (Å²) in [5, 5.41) is 9.23. The van der Waals surface area contributed by atoms with E-state index in [0.29, 0.717) is 5.56 Å². The number of nitrogens with two attached hydrogens (primary N) is 1. The molecule has 2 atom stereocenters. The van der Waals surface area contributed by atoms with Crippen LogP contribution in [0.1, 0.15) is 24.1 Å². The maximum atomic E-state index is 13.3. The Morgan fingerprint density at radius 2 is 2.08 bits per heavy atom. The van der Waals surface area contributed by atoms with Crippen LogP contribution >= 0.6 is 0 Å². The number of aryl methyl sites for hydroxylation is 1. The highest BCUT2D eigenvalue weighted by molar-refractivity contribution is 5.30.